The first-order valence-electron chi connectivity index (χ1n) is 10.4. The van der Waals surface area contributed by atoms with Gasteiger partial charge < -0.3 is 9.88 Å². The molecule has 0 radical (unpaired) electrons. The van der Waals surface area contributed by atoms with Crippen LogP contribution in [-0.2, 0) is 11.2 Å². The molecule has 2 aromatic heterocycles. The SMILES string of the molecule is O=C(CC1CCCCC1)N1CCC[C@@H](Cc2cnc(-c3ncc[nH]3)cn2)C1. The molecule has 27 heavy (non-hydrogen) atoms. The summed E-state index contributed by atoms with van der Waals surface area (Å²) in [6, 6.07) is 0. The zero-order valence-electron chi connectivity index (χ0n) is 15.9. The smallest absolute Gasteiger partial charge is 0.222 e. The summed E-state index contributed by atoms with van der Waals surface area (Å²) in [5.41, 5.74) is 1.76. The molecule has 0 aromatic carbocycles. The van der Waals surface area contributed by atoms with Crippen LogP contribution in [0.4, 0.5) is 0 Å². The highest BCUT2D eigenvalue weighted by Crippen LogP contribution is 2.28. The van der Waals surface area contributed by atoms with E-state index >= 15 is 0 Å². The zero-order chi connectivity index (χ0) is 18.5. The van der Waals surface area contributed by atoms with E-state index in [-0.39, 0.29) is 0 Å². The van der Waals surface area contributed by atoms with E-state index in [2.05, 4.69) is 24.8 Å². The van der Waals surface area contributed by atoms with Crippen molar-refractivity contribution in [2.75, 3.05) is 13.1 Å². The quantitative estimate of drug-likeness (QED) is 0.876. The molecule has 1 N–H and O–H groups in total. The van der Waals surface area contributed by atoms with Gasteiger partial charge in [0.15, 0.2) is 5.82 Å². The van der Waals surface area contributed by atoms with Crippen LogP contribution in [0.15, 0.2) is 24.8 Å². The first-order valence-corrected chi connectivity index (χ1v) is 10.4. The second-order valence-corrected chi connectivity index (χ2v) is 8.09. The molecular formula is C21H29N5O. The normalized spacial score (nSPS) is 21.3. The third-order valence-electron chi connectivity index (χ3n) is 6.00. The van der Waals surface area contributed by atoms with Crippen molar-refractivity contribution in [3.8, 4) is 11.5 Å². The molecule has 0 bridgehead atoms. The Balaban J connectivity index is 1.30. The maximum absolute atomic E-state index is 12.7. The van der Waals surface area contributed by atoms with Gasteiger partial charge in [0.05, 0.1) is 11.9 Å². The summed E-state index contributed by atoms with van der Waals surface area (Å²) in [6.45, 7) is 1.79. The number of imidazole rings is 1. The minimum absolute atomic E-state index is 0.367. The summed E-state index contributed by atoms with van der Waals surface area (Å²) < 4.78 is 0. The van der Waals surface area contributed by atoms with Gasteiger partial charge in [-0.15, -0.1) is 0 Å². The first-order chi connectivity index (χ1) is 13.3. The topological polar surface area (TPSA) is 74.8 Å². The number of rotatable bonds is 5. The van der Waals surface area contributed by atoms with Crippen LogP contribution in [0.1, 0.15) is 57.1 Å². The van der Waals surface area contributed by atoms with Crippen LogP contribution in [0, 0.1) is 11.8 Å². The van der Waals surface area contributed by atoms with Gasteiger partial charge in [0.2, 0.25) is 5.91 Å². The molecule has 1 amide bonds. The summed E-state index contributed by atoms with van der Waals surface area (Å²) in [4.78, 5) is 31.1. The summed E-state index contributed by atoms with van der Waals surface area (Å²) in [5.74, 6) is 2.21. The highest BCUT2D eigenvalue weighted by molar-refractivity contribution is 5.76. The minimum Gasteiger partial charge on any atom is -0.343 e. The molecule has 0 spiro atoms. The predicted molar refractivity (Wildman–Crippen MR) is 104 cm³/mol. The number of hydrogen-bond acceptors (Lipinski definition) is 4. The number of nitrogens with one attached hydrogen (secondary N) is 1. The van der Waals surface area contributed by atoms with Crippen molar-refractivity contribution >= 4 is 5.91 Å². The second-order valence-electron chi connectivity index (χ2n) is 8.09. The standard InChI is InChI=1S/C21H29N5O/c27-20(12-16-5-2-1-3-6-16)26-10-4-7-17(15-26)11-18-13-25-19(14-24-18)21-22-8-9-23-21/h8-9,13-14,16-17H,1-7,10-12,15H2,(H,22,23)/t17-/m0/s1. The van der Waals surface area contributed by atoms with Crippen molar-refractivity contribution in [3.63, 3.8) is 0 Å². The molecule has 2 aromatic rings. The van der Waals surface area contributed by atoms with E-state index in [1.807, 2.05) is 6.20 Å². The van der Waals surface area contributed by atoms with Crippen molar-refractivity contribution in [1.29, 1.82) is 0 Å². The maximum atomic E-state index is 12.7. The Morgan fingerprint density at radius 1 is 1.04 bits per heavy atom. The van der Waals surface area contributed by atoms with Crippen LogP contribution in [0.3, 0.4) is 0 Å². The molecule has 1 atom stereocenters. The van der Waals surface area contributed by atoms with Gasteiger partial charge in [-0.2, -0.15) is 0 Å². The largest absolute Gasteiger partial charge is 0.343 e. The molecule has 6 nitrogen and oxygen atoms in total. The second kappa shape index (κ2) is 8.63. The molecule has 6 heteroatoms. The predicted octanol–water partition coefficient (Wildman–Crippen LogP) is 3.62. The summed E-state index contributed by atoms with van der Waals surface area (Å²) >= 11 is 0. The zero-order valence-corrected chi connectivity index (χ0v) is 15.9. The van der Waals surface area contributed by atoms with Gasteiger partial charge in [-0.1, -0.05) is 19.3 Å². The lowest BCUT2D eigenvalue weighted by Gasteiger charge is -2.34. The summed E-state index contributed by atoms with van der Waals surface area (Å²) in [7, 11) is 0. The fraction of sp³-hybridized carbons (Fsp3) is 0.619. The molecule has 144 valence electrons. The lowest BCUT2D eigenvalue weighted by Crippen LogP contribution is -2.41. The Morgan fingerprint density at radius 2 is 1.89 bits per heavy atom. The monoisotopic (exact) mass is 367 g/mol. The van der Waals surface area contributed by atoms with Crippen molar-refractivity contribution in [2.24, 2.45) is 11.8 Å². The number of hydrogen-bond donors (Lipinski definition) is 1. The van der Waals surface area contributed by atoms with E-state index in [0.717, 1.165) is 56.0 Å². The average molecular weight is 367 g/mol. The highest BCUT2D eigenvalue weighted by Gasteiger charge is 2.26. The maximum Gasteiger partial charge on any atom is 0.222 e. The van der Waals surface area contributed by atoms with E-state index in [1.165, 1.54) is 32.1 Å². The fourth-order valence-corrected chi connectivity index (χ4v) is 4.51. The molecule has 2 aliphatic rings. The lowest BCUT2D eigenvalue weighted by molar-refractivity contribution is -0.134. The van der Waals surface area contributed by atoms with E-state index in [4.69, 9.17) is 0 Å². The van der Waals surface area contributed by atoms with Gasteiger partial charge >= 0.3 is 0 Å². The number of carbonyl (C=O) groups excluding carboxylic acids is 1. The number of likely N-dealkylation sites (tertiary alicyclic amines) is 1. The van der Waals surface area contributed by atoms with Gasteiger partial charge in [-0.05, 0) is 43.9 Å². The molecule has 4 rings (SSSR count). The Morgan fingerprint density at radius 3 is 2.63 bits per heavy atom. The third kappa shape index (κ3) is 4.73. The number of aromatic amines is 1. The molecule has 1 saturated heterocycles. The Labute approximate surface area is 160 Å². The summed E-state index contributed by atoms with van der Waals surface area (Å²) in [6.07, 6.45) is 17.4. The van der Waals surface area contributed by atoms with E-state index in [1.54, 1.807) is 18.6 Å². The average Bonchev–Trinajstić information content (AvgIpc) is 3.24. The number of nitrogens with zero attached hydrogens (tertiary/aromatic N) is 4. The van der Waals surface area contributed by atoms with Gasteiger partial charge in [0.1, 0.15) is 5.69 Å². The Hall–Kier alpha value is -2.24. The Kier molecular flexibility index (Phi) is 5.80. The van der Waals surface area contributed by atoms with Crippen LogP contribution in [0.5, 0.6) is 0 Å². The number of amides is 1. The van der Waals surface area contributed by atoms with Gasteiger partial charge in [0.25, 0.3) is 0 Å². The molecule has 1 saturated carbocycles. The van der Waals surface area contributed by atoms with Crippen molar-refractivity contribution in [2.45, 2.75) is 57.8 Å². The van der Waals surface area contributed by atoms with Crippen LogP contribution in [0.25, 0.3) is 11.5 Å². The van der Waals surface area contributed by atoms with Gasteiger partial charge in [0, 0.05) is 38.1 Å². The first kappa shape index (κ1) is 18.1. The van der Waals surface area contributed by atoms with Crippen molar-refractivity contribution in [1.82, 2.24) is 24.8 Å². The molecule has 1 aliphatic carbocycles. The number of H-pyrrole nitrogens is 1. The summed E-state index contributed by atoms with van der Waals surface area (Å²) in [5, 5.41) is 0. The molecular weight excluding hydrogens is 338 g/mol. The van der Waals surface area contributed by atoms with E-state index in [0.29, 0.717) is 17.7 Å². The van der Waals surface area contributed by atoms with Crippen molar-refractivity contribution in [3.05, 3.63) is 30.5 Å². The van der Waals surface area contributed by atoms with Crippen molar-refractivity contribution < 1.29 is 4.79 Å². The minimum atomic E-state index is 0.367. The van der Waals surface area contributed by atoms with Crippen LogP contribution >= 0.6 is 0 Å². The lowest BCUT2D eigenvalue weighted by atomic mass is 9.86. The van der Waals surface area contributed by atoms with Gasteiger partial charge in [-0.25, -0.2) is 9.97 Å². The highest BCUT2D eigenvalue weighted by atomic mass is 16.2. The van der Waals surface area contributed by atoms with Gasteiger partial charge in [-0.3, -0.25) is 9.78 Å². The van der Waals surface area contributed by atoms with E-state index < -0.39 is 0 Å². The molecule has 0 unspecified atom stereocenters. The molecule has 1 aliphatic heterocycles. The van der Waals surface area contributed by atoms with E-state index in [9.17, 15) is 4.79 Å². The third-order valence-corrected chi connectivity index (χ3v) is 6.00. The van der Waals surface area contributed by atoms with Crippen LogP contribution in [0.2, 0.25) is 0 Å². The van der Waals surface area contributed by atoms with Crippen LogP contribution in [-0.4, -0.2) is 43.8 Å². The molecule has 3 heterocycles. The number of piperidine rings is 1. The Bertz CT molecular complexity index is 722. The number of carbonyl (C=O) groups is 1. The fourth-order valence-electron chi connectivity index (χ4n) is 4.51. The molecule has 2 fully saturated rings. The number of aromatic nitrogens is 4. The van der Waals surface area contributed by atoms with Crippen LogP contribution < -0.4 is 0 Å².